The lowest BCUT2D eigenvalue weighted by atomic mass is 9.96. The quantitative estimate of drug-likeness (QED) is 0.773. The first kappa shape index (κ1) is 15.5. The van der Waals surface area contributed by atoms with Crippen molar-refractivity contribution in [2.24, 2.45) is 5.92 Å². The zero-order valence-corrected chi connectivity index (χ0v) is 12.4. The number of carbonyl (C=O) groups excluding carboxylic acids is 1. The first-order valence-electron chi connectivity index (χ1n) is 7.08. The predicted octanol–water partition coefficient (Wildman–Crippen LogP) is 3.31. The third-order valence-electron chi connectivity index (χ3n) is 3.59. The Bertz CT molecular complexity index is 398. The van der Waals surface area contributed by atoms with Crippen molar-refractivity contribution in [3.05, 3.63) is 29.8 Å². The van der Waals surface area contributed by atoms with Crippen molar-refractivity contribution < 1.29 is 4.79 Å². The highest BCUT2D eigenvalue weighted by molar-refractivity contribution is 5.77. The van der Waals surface area contributed by atoms with Gasteiger partial charge in [-0.3, -0.25) is 4.79 Å². The molecule has 0 aliphatic rings. The summed E-state index contributed by atoms with van der Waals surface area (Å²) in [6, 6.07) is 8.02. The average Bonchev–Trinajstić information content (AvgIpc) is 2.36. The molecule has 0 spiro atoms. The second-order valence-corrected chi connectivity index (χ2v) is 5.60. The van der Waals surface area contributed by atoms with Crippen molar-refractivity contribution >= 4 is 11.6 Å². The predicted molar refractivity (Wildman–Crippen MR) is 80.9 cm³/mol. The normalized spacial score (nSPS) is 14.2. The second kappa shape index (κ2) is 7.17. The summed E-state index contributed by atoms with van der Waals surface area (Å²) < 4.78 is 0. The Morgan fingerprint density at radius 3 is 2.26 bits per heavy atom. The summed E-state index contributed by atoms with van der Waals surface area (Å²) in [6.07, 6.45) is 1.49. The van der Waals surface area contributed by atoms with Gasteiger partial charge in [0, 0.05) is 18.2 Å². The van der Waals surface area contributed by atoms with Crippen LogP contribution in [-0.2, 0) is 4.79 Å². The van der Waals surface area contributed by atoms with E-state index in [4.69, 9.17) is 5.73 Å². The maximum absolute atomic E-state index is 12.0. The minimum Gasteiger partial charge on any atom is -0.399 e. The van der Waals surface area contributed by atoms with Gasteiger partial charge in [-0.1, -0.05) is 39.8 Å². The van der Waals surface area contributed by atoms with Gasteiger partial charge in [0.25, 0.3) is 0 Å². The van der Waals surface area contributed by atoms with Crippen LogP contribution in [0.5, 0.6) is 0 Å². The number of nitrogen functional groups attached to an aromatic ring is 1. The van der Waals surface area contributed by atoms with Gasteiger partial charge in [0.15, 0.2) is 0 Å². The Morgan fingerprint density at radius 1 is 1.21 bits per heavy atom. The summed E-state index contributed by atoms with van der Waals surface area (Å²) in [5, 5.41) is 3.11. The van der Waals surface area contributed by atoms with Crippen molar-refractivity contribution in [1.82, 2.24) is 5.32 Å². The molecule has 0 aromatic heterocycles. The van der Waals surface area contributed by atoms with Crippen LogP contribution in [0.2, 0.25) is 0 Å². The molecule has 0 saturated carbocycles. The van der Waals surface area contributed by atoms with Crippen LogP contribution in [-0.4, -0.2) is 11.9 Å². The summed E-state index contributed by atoms with van der Waals surface area (Å²) in [4.78, 5) is 12.0. The van der Waals surface area contributed by atoms with E-state index in [9.17, 15) is 4.79 Å². The van der Waals surface area contributed by atoms with Gasteiger partial charge in [-0.15, -0.1) is 0 Å². The molecule has 0 aliphatic carbocycles. The number of benzene rings is 1. The molecule has 0 radical (unpaired) electrons. The maximum Gasteiger partial charge on any atom is 0.220 e. The number of amides is 1. The molecule has 0 fully saturated rings. The van der Waals surface area contributed by atoms with E-state index < -0.39 is 0 Å². The SMILES string of the molecule is CCC(NC(=O)CC(C)c1ccc(N)cc1)C(C)C. The number of nitrogens with two attached hydrogens (primary N) is 1. The highest BCUT2D eigenvalue weighted by Crippen LogP contribution is 2.20. The van der Waals surface area contributed by atoms with E-state index in [1.54, 1.807) is 0 Å². The van der Waals surface area contributed by atoms with E-state index in [2.05, 4.69) is 33.0 Å². The van der Waals surface area contributed by atoms with Crippen molar-refractivity contribution in [1.29, 1.82) is 0 Å². The van der Waals surface area contributed by atoms with Gasteiger partial charge in [-0.2, -0.15) is 0 Å². The number of rotatable bonds is 6. The van der Waals surface area contributed by atoms with Gasteiger partial charge in [-0.05, 0) is 36.0 Å². The highest BCUT2D eigenvalue weighted by atomic mass is 16.1. The van der Waals surface area contributed by atoms with E-state index in [1.807, 2.05) is 24.3 Å². The van der Waals surface area contributed by atoms with E-state index in [1.165, 1.54) is 0 Å². The third-order valence-corrected chi connectivity index (χ3v) is 3.59. The Hall–Kier alpha value is -1.51. The molecule has 2 atom stereocenters. The number of hydrogen-bond donors (Lipinski definition) is 2. The fraction of sp³-hybridized carbons (Fsp3) is 0.562. The van der Waals surface area contributed by atoms with Crippen LogP contribution >= 0.6 is 0 Å². The smallest absolute Gasteiger partial charge is 0.220 e. The van der Waals surface area contributed by atoms with Gasteiger partial charge >= 0.3 is 0 Å². The highest BCUT2D eigenvalue weighted by Gasteiger charge is 2.16. The van der Waals surface area contributed by atoms with Crippen molar-refractivity contribution in [3.8, 4) is 0 Å². The molecule has 1 aromatic carbocycles. The molecule has 0 bridgehead atoms. The summed E-state index contributed by atoms with van der Waals surface area (Å²) in [6.45, 7) is 8.45. The Labute approximate surface area is 116 Å². The van der Waals surface area contributed by atoms with Crippen LogP contribution in [0.4, 0.5) is 5.69 Å². The maximum atomic E-state index is 12.0. The van der Waals surface area contributed by atoms with E-state index in [-0.39, 0.29) is 17.9 Å². The van der Waals surface area contributed by atoms with Crippen LogP contribution in [0.3, 0.4) is 0 Å². The fourth-order valence-corrected chi connectivity index (χ4v) is 2.23. The minimum absolute atomic E-state index is 0.130. The first-order chi connectivity index (χ1) is 8.93. The van der Waals surface area contributed by atoms with Crippen LogP contribution in [0.1, 0.15) is 52.0 Å². The van der Waals surface area contributed by atoms with Crippen LogP contribution in [0, 0.1) is 5.92 Å². The number of nitrogens with one attached hydrogen (secondary N) is 1. The first-order valence-corrected chi connectivity index (χ1v) is 7.08. The number of anilines is 1. The molecule has 3 nitrogen and oxygen atoms in total. The lowest BCUT2D eigenvalue weighted by Gasteiger charge is -2.22. The number of hydrogen-bond acceptors (Lipinski definition) is 2. The number of carbonyl (C=O) groups is 1. The van der Waals surface area contributed by atoms with Gasteiger partial charge in [0.1, 0.15) is 0 Å². The molecular weight excluding hydrogens is 236 g/mol. The zero-order valence-electron chi connectivity index (χ0n) is 12.4. The largest absolute Gasteiger partial charge is 0.399 e. The van der Waals surface area contributed by atoms with E-state index >= 15 is 0 Å². The van der Waals surface area contributed by atoms with Crippen molar-refractivity contribution in [3.63, 3.8) is 0 Å². The molecule has 0 heterocycles. The molecular formula is C16H26N2O. The van der Waals surface area contributed by atoms with E-state index in [0.717, 1.165) is 17.7 Å². The van der Waals surface area contributed by atoms with Crippen LogP contribution in [0.15, 0.2) is 24.3 Å². The molecule has 3 heteroatoms. The molecule has 1 aromatic rings. The lowest BCUT2D eigenvalue weighted by molar-refractivity contribution is -0.122. The Morgan fingerprint density at radius 2 is 1.79 bits per heavy atom. The zero-order chi connectivity index (χ0) is 14.4. The van der Waals surface area contributed by atoms with Gasteiger partial charge in [0.05, 0.1) is 0 Å². The van der Waals surface area contributed by atoms with Gasteiger partial charge in [0.2, 0.25) is 5.91 Å². The lowest BCUT2D eigenvalue weighted by Crippen LogP contribution is -2.38. The summed E-state index contributed by atoms with van der Waals surface area (Å²) in [5.74, 6) is 0.816. The molecule has 3 N–H and O–H groups in total. The Balaban J connectivity index is 2.54. The molecule has 19 heavy (non-hydrogen) atoms. The summed E-state index contributed by atoms with van der Waals surface area (Å²) >= 11 is 0. The van der Waals surface area contributed by atoms with Crippen molar-refractivity contribution in [2.45, 2.75) is 52.5 Å². The van der Waals surface area contributed by atoms with Gasteiger partial charge < -0.3 is 11.1 Å². The van der Waals surface area contributed by atoms with Crippen molar-refractivity contribution in [2.75, 3.05) is 5.73 Å². The monoisotopic (exact) mass is 262 g/mol. The third kappa shape index (κ3) is 4.93. The van der Waals surface area contributed by atoms with Crippen LogP contribution < -0.4 is 11.1 Å². The fourth-order valence-electron chi connectivity index (χ4n) is 2.23. The molecule has 106 valence electrons. The molecule has 0 aliphatic heterocycles. The minimum atomic E-state index is 0.130. The molecule has 2 unspecified atom stereocenters. The summed E-state index contributed by atoms with van der Waals surface area (Å²) in [7, 11) is 0. The summed E-state index contributed by atoms with van der Waals surface area (Å²) in [5.41, 5.74) is 7.58. The standard InChI is InChI=1S/C16H26N2O/c1-5-15(11(2)3)18-16(19)10-12(4)13-6-8-14(17)9-7-13/h6-9,11-12,15H,5,10,17H2,1-4H3,(H,18,19). The Kier molecular flexibility index (Phi) is 5.87. The van der Waals surface area contributed by atoms with Gasteiger partial charge in [-0.25, -0.2) is 0 Å². The molecule has 1 rings (SSSR count). The average molecular weight is 262 g/mol. The molecule has 0 saturated heterocycles. The van der Waals surface area contributed by atoms with E-state index in [0.29, 0.717) is 12.3 Å². The molecule has 1 amide bonds. The topological polar surface area (TPSA) is 55.1 Å². The van der Waals surface area contributed by atoms with Crippen LogP contribution in [0.25, 0.3) is 0 Å². The second-order valence-electron chi connectivity index (χ2n) is 5.60.